The van der Waals surface area contributed by atoms with Gasteiger partial charge in [-0.25, -0.2) is 0 Å². The summed E-state index contributed by atoms with van der Waals surface area (Å²) in [7, 11) is 1.45. The minimum Gasteiger partial charge on any atom is -0.370 e. The van der Waals surface area contributed by atoms with E-state index >= 15 is 0 Å². The van der Waals surface area contributed by atoms with Gasteiger partial charge in [-0.05, 0) is 24.3 Å². The van der Waals surface area contributed by atoms with Crippen LogP contribution in [0.25, 0.3) is 10.9 Å². The lowest BCUT2D eigenvalue weighted by Gasteiger charge is -2.12. The van der Waals surface area contributed by atoms with Crippen molar-refractivity contribution in [2.24, 2.45) is 5.73 Å². The van der Waals surface area contributed by atoms with Gasteiger partial charge in [0.2, 0.25) is 0 Å². The van der Waals surface area contributed by atoms with E-state index in [0.717, 1.165) is 15.8 Å². The first-order valence-electron chi connectivity index (χ1n) is 4.89. The molecule has 0 aliphatic rings. The molecule has 1 heterocycles. The van der Waals surface area contributed by atoms with Crippen LogP contribution in [0.4, 0.5) is 0 Å². The summed E-state index contributed by atoms with van der Waals surface area (Å²) >= 11 is 5.86. The number of amides is 1. The molecule has 1 aromatic heterocycles. The van der Waals surface area contributed by atoms with E-state index in [1.165, 1.54) is 7.05 Å². The van der Waals surface area contributed by atoms with Crippen molar-refractivity contribution >= 4 is 34.4 Å². The number of aromatic nitrogens is 1. The Morgan fingerprint density at radius 3 is 2.82 bits per heavy atom. The number of fused-ring (bicyclic) bond motifs is 1. The third-order valence-corrected chi connectivity index (χ3v) is 2.71. The average molecular weight is 251 g/mol. The highest BCUT2D eigenvalue weighted by atomic mass is 35.5. The number of hydrogen-bond donors (Lipinski definition) is 3. The Morgan fingerprint density at radius 1 is 1.47 bits per heavy atom. The molecule has 2 rings (SSSR count). The summed E-state index contributed by atoms with van der Waals surface area (Å²) in [5.41, 5.74) is 6.44. The second-order valence-electron chi connectivity index (χ2n) is 3.66. The number of carbonyl (C=O) groups is 1. The Morgan fingerprint density at radius 2 is 2.18 bits per heavy atom. The highest BCUT2D eigenvalue weighted by Gasteiger charge is 2.16. The van der Waals surface area contributed by atoms with Crippen LogP contribution in [0, 0.1) is 5.41 Å². The zero-order chi connectivity index (χ0) is 12.6. The van der Waals surface area contributed by atoms with Gasteiger partial charge >= 0.3 is 0 Å². The van der Waals surface area contributed by atoms with Gasteiger partial charge in [0.05, 0.1) is 0 Å². The third-order valence-electron chi connectivity index (χ3n) is 2.48. The van der Waals surface area contributed by atoms with Gasteiger partial charge < -0.3 is 10.7 Å². The van der Waals surface area contributed by atoms with Crippen LogP contribution in [0.5, 0.6) is 0 Å². The van der Waals surface area contributed by atoms with Gasteiger partial charge in [0.25, 0.3) is 5.91 Å². The second kappa shape index (κ2) is 4.10. The SMILES string of the molecule is CN(C(=N)N)C(=O)c1cc2cc(Cl)ccc2[nH]1. The molecule has 0 fully saturated rings. The molecule has 0 unspecified atom stereocenters. The van der Waals surface area contributed by atoms with E-state index in [-0.39, 0.29) is 11.9 Å². The monoisotopic (exact) mass is 250 g/mol. The lowest BCUT2D eigenvalue weighted by atomic mass is 10.2. The number of aromatic amines is 1. The van der Waals surface area contributed by atoms with Gasteiger partial charge in [0, 0.05) is 23.0 Å². The number of H-pyrrole nitrogens is 1. The summed E-state index contributed by atoms with van der Waals surface area (Å²) in [4.78, 5) is 15.9. The normalized spacial score (nSPS) is 10.5. The van der Waals surface area contributed by atoms with Crippen molar-refractivity contribution in [3.8, 4) is 0 Å². The van der Waals surface area contributed by atoms with E-state index in [2.05, 4.69) is 4.98 Å². The number of benzene rings is 1. The standard InChI is InChI=1S/C11H11ClN4O/c1-16(11(13)14)10(17)9-5-6-4-7(12)2-3-8(6)15-9/h2-5,15H,1H3,(H3,13,14). The summed E-state index contributed by atoms with van der Waals surface area (Å²) in [6.45, 7) is 0. The summed E-state index contributed by atoms with van der Waals surface area (Å²) in [5, 5.41) is 8.65. The van der Waals surface area contributed by atoms with Crippen molar-refractivity contribution in [1.29, 1.82) is 5.41 Å². The molecule has 5 nitrogen and oxygen atoms in total. The lowest BCUT2D eigenvalue weighted by Crippen LogP contribution is -2.38. The van der Waals surface area contributed by atoms with E-state index < -0.39 is 0 Å². The first kappa shape index (κ1) is 11.5. The molecule has 2 aromatic rings. The first-order valence-corrected chi connectivity index (χ1v) is 5.27. The van der Waals surface area contributed by atoms with Gasteiger partial charge in [-0.2, -0.15) is 0 Å². The number of halogens is 1. The molecular formula is C11H11ClN4O. The zero-order valence-corrected chi connectivity index (χ0v) is 9.88. The Balaban J connectivity index is 2.43. The van der Waals surface area contributed by atoms with Crippen molar-refractivity contribution in [3.05, 3.63) is 35.0 Å². The summed E-state index contributed by atoms with van der Waals surface area (Å²) in [6, 6.07) is 6.98. The largest absolute Gasteiger partial charge is 0.370 e. The number of nitrogens with one attached hydrogen (secondary N) is 2. The summed E-state index contributed by atoms with van der Waals surface area (Å²) in [5.74, 6) is -0.656. The molecule has 0 aliphatic heterocycles. The van der Waals surface area contributed by atoms with Gasteiger partial charge in [0.15, 0.2) is 5.96 Å². The Hall–Kier alpha value is -2.01. The van der Waals surface area contributed by atoms with Crippen LogP contribution in [0.2, 0.25) is 5.02 Å². The van der Waals surface area contributed by atoms with Gasteiger partial charge in [-0.15, -0.1) is 0 Å². The van der Waals surface area contributed by atoms with Crippen molar-refractivity contribution in [3.63, 3.8) is 0 Å². The fourth-order valence-electron chi connectivity index (χ4n) is 1.51. The number of guanidine groups is 1. The topological polar surface area (TPSA) is 86.0 Å². The van der Waals surface area contributed by atoms with Crippen molar-refractivity contribution in [2.75, 3.05) is 7.05 Å². The molecule has 17 heavy (non-hydrogen) atoms. The highest BCUT2D eigenvalue weighted by Crippen LogP contribution is 2.20. The number of carbonyl (C=O) groups excluding carboxylic acids is 1. The van der Waals surface area contributed by atoms with E-state index in [0.29, 0.717) is 10.7 Å². The van der Waals surface area contributed by atoms with E-state index in [1.807, 2.05) is 0 Å². The number of nitrogens with zero attached hydrogens (tertiary/aromatic N) is 1. The molecule has 0 atom stereocenters. The van der Waals surface area contributed by atoms with Crippen LogP contribution < -0.4 is 5.73 Å². The van der Waals surface area contributed by atoms with Crippen molar-refractivity contribution < 1.29 is 4.79 Å². The molecule has 0 saturated heterocycles. The van der Waals surface area contributed by atoms with Crippen LogP contribution in [0.3, 0.4) is 0 Å². The van der Waals surface area contributed by atoms with Crippen LogP contribution >= 0.6 is 11.6 Å². The van der Waals surface area contributed by atoms with Crippen molar-refractivity contribution in [2.45, 2.75) is 0 Å². The van der Waals surface area contributed by atoms with Gasteiger partial charge in [-0.3, -0.25) is 15.1 Å². The maximum Gasteiger partial charge on any atom is 0.276 e. The molecule has 6 heteroatoms. The zero-order valence-electron chi connectivity index (χ0n) is 9.12. The smallest absolute Gasteiger partial charge is 0.276 e. The molecule has 0 bridgehead atoms. The first-order chi connectivity index (χ1) is 7.99. The van der Waals surface area contributed by atoms with Crippen LogP contribution in [-0.2, 0) is 0 Å². The molecule has 1 aromatic carbocycles. The fourth-order valence-corrected chi connectivity index (χ4v) is 1.69. The van der Waals surface area contributed by atoms with Crippen molar-refractivity contribution in [1.82, 2.24) is 9.88 Å². The lowest BCUT2D eigenvalue weighted by molar-refractivity contribution is 0.0864. The van der Waals surface area contributed by atoms with Gasteiger partial charge in [0.1, 0.15) is 5.69 Å². The number of rotatable bonds is 1. The van der Waals surface area contributed by atoms with Crippen LogP contribution in [0.1, 0.15) is 10.5 Å². The van der Waals surface area contributed by atoms with Crippen LogP contribution in [-0.4, -0.2) is 28.8 Å². The number of hydrogen-bond acceptors (Lipinski definition) is 2. The maximum absolute atomic E-state index is 11.9. The quantitative estimate of drug-likeness (QED) is 0.532. The molecule has 88 valence electrons. The molecule has 0 aliphatic carbocycles. The minimum absolute atomic E-state index is 0.299. The average Bonchev–Trinajstić information content (AvgIpc) is 2.69. The fraction of sp³-hybridized carbons (Fsp3) is 0.0909. The van der Waals surface area contributed by atoms with Crippen LogP contribution in [0.15, 0.2) is 24.3 Å². The molecule has 0 saturated carbocycles. The minimum atomic E-state index is -0.357. The van der Waals surface area contributed by atoms with E-state index in [9.17, 15) is 4.79 Å². The maximum atomic E-state index is 11.9. The molecule has 4 N–H and O–H groups in total. The molecule has 0 spiro atoms. The summed E-state index contributed by atoms with van der Waals surface area (Å²) in [6.07, 6.45) is 0. The second-order valence-corrected chi connectivity index (χ2v) is 4.10. The predicted molar refractivity (Wildman–Crippen MR) is 67.3 cm³/mol. The molecule has 0 radical (unpaired) electrons. The third kappa shape index (κ3) is 2.09. The Kier molecular flexibility index (Phi) is 2.77. The Bertz CT molecular complexity index is 605. The van der Waals surface area contributed by atoms with Gasteiger partial charge in [-0.1, -0.05) is 11.6 Å². The summed E-state index contributed by atoms with van der Waals surface area (Å²) < 4.78 is 0. The predicted octanol–water partition coefficient (Wildman–Crippen LogP) is 1.79. The Labute approximate surface area is 103 Å². The molecular weight excluding hydrogens is 240 g/mol. The molecule has 1 amide bonds. The number of nitrogens with two attached hydrogens (primary N) is 1. The highest BCUT2D eigenvalue weighted by molar-refractivity contribution is 6.31. The van der Waals surface area contributed by atoms with E-state index in [4.69, 9.17) is 22.7 Å². The van der Waals surface area contributed by atoms with E-state index in [1.54, 1.807) is 24.3 Å².